The molecule has 0 spiro atoms. The molecule has 0 bridgehead atoms. The van der Waals surface area contributed by atoms with E-state index >= 15 is 0 Å². The highest BCUT2D eigenvalue weighted by Gasteiger charge is 2.39. The number of aromatic hydroxyl groups is 1. The SMILES string of the molecule is Cc1ccc(NC2CC(=O)N(c3ccc(C(=O)O)c(O)c3)C2=O)cc1. The van der Waals surface area contributed by atoms with E-state index in [0.29, 0.717) is 0 Å². The molecule has 0 aromatic heterocycles. The fraction of sp³-hybridized carbons (Fsp3) is 0.167. The van der Waals surface area contributed by atoms with Crippen LogP contribution in [0.25, 0.3) is 0 Å². The van der Waals surface area contributed by atoms with Crippen molar-refractivity contribution < 1.29 is 24.6 Å². The molecule has 128 valence electrons. The van der Waals surface area contributed by atoms with Gasteiger partial charge in [0.2, 0.25) is 5.91 Å². The van der Waals surface area contributed by atoms with Gasteiger partial charge in [0.15, 0.2) is 0 Å². The number of hydrogen-bond acceptors (Lipinski definition) is 5. The summed E-state index contributed by atoms with van der Waals surface area (Å²) in [6.07, 6.45) is -0.0197. The Morgan fingerprint density at radius 2 is 1.84 bits per heavy atom. The highest BCUT2D eigenvalue weighted by atomic mass is 16.4. The van der Waals surface area contributed by atoms with Gasteiger partial charge in [-0.1, -0.05) is 17.7 Å². The molecule has 1 fully saturated rings. The van der Waals surface area contributed by atoms with Gasteiger partial charge in [-0.3, -0.25) is 9.59 Å². The number of hydrogen-bond donors (Lipinski definition) is 3. The molecule has 1 heterocycles. The number of nitrogens with one attached hydrogen (secondary N) is 1. The molecule has 3 N–H and O–H groups in total. The fourth-order valence-corrected chi connectivity index (χ4v) is 2.71. The zero-order chi connectivity index (χ0) is 18.1. The Bertz CT molecular complexity index is 860. The molecule has 1 aliphatic rings. The summed E-state index contributed by atoms with van der Waals surface area (Å²) in [7, 11) is 0. The van der Waals surface area contributed by atoms with Crippen LogP contribution in [0.2, 0.25) is 0 Å². The minimum absolute atomic E-state index is 0.0197. The van der Waals surface area contributed by atoms with Crippen molar-refractivity contribution in [2.24, 2.45) is 0 Å². The number of anilines is 2. The Hall–Kier alpha value is -3.35. The van der Waals surface area contributed by atoms with Crippen molar-refractivity contribution in [3.8, 4) is 5.75 Å². The van der Waals surface area contributed by atoms with Crippen molar-refractivity contribution in [2.45, 2.75) is 19.4 Å². The standard InChI is InChI=1S/C18H16N2O5/c1-10-2-4-11(5-3-10)19-14-9-16(22)20(17(14)23)12-6-7-13(18(24)25)15(21)8-12/h2-8,14,19,21H,9H2,1H3,(H,24,25). The second-order valence-corrected chi connectivity index (χ2v) is 5.84. The molecule has 25 heavy (non-hydrogen) atoms. The average Bonchev–Trinajstić information content (AvgIpc) is 2.83. The number of carbonyl (C=O) groups excluding carboxylic acids is 2. The Balaban J connectivity index is 1.82. The molecule has 1 saturated heterocycles. The van der Waals surface area contributed by atoms with Gasteiger partial charge in [-0.2, -0.15) is 0 Å². The van der Waals surface area contributed by atoms with E-state index in [1.807, 2.05) is 31.2 Å². The molecule has 7 nitrogen and oxygen atoms in total. The summed E-state index contributed by atoms with van der Waals surface area (Å²) >= 11 is 0. The van der Waals surface area contributed by atoms with Crippen LogP contribution in [0, 0.1) is 6.92 Å². The quantitative estimate of drug-likeness (QED) is 0.736. The first-order chi connectivity index (χ1) is 11.9. The van der Waals surface area contributed by atoms with Crippen molar-refractivity contribution in [2.75, 3.05) is 10.2 Å². The van der Waals surface area contributed by atoms with Gasteiger partial charge in [0.1, 0.15) is 17.4 Å². The summed E-state index contributed by atoms with van der Waals surface area (Å²) in [4.78, 5) is 36.7. The minimum Gasteiger partial charge on any atom is -0.507 e. The van der Waals surface area contributed by atoms with Crippen LogP contribution in [0.5, 0.6) is 5.75 Å². The Morgan fingerprint density at radius 3 is 2.44 bits per heavy atom. The topological polar surface area (TPSA) is 107 Å². The maximum absolute atomic E-state index is 12.6. The summed E-state index contributed by atoms with van der Waals surface area (Å²) in [6, 6.07) is 10.3. The lowest BCUT2D eigenvalue weighted by molar-refractivity contribution is -0.121. The van der Waals surface area contributed by atoms with E-state index in [9.17, 15) is 19.5 Å². The summed E-state index contributed by atoms with van der Waals surface area (Å²) in [5, 5.41) is 21.7. The predicted octanol–water partition coefficient (Wildman–Crippen LogP) is 2.14. The third-order valence-electron chi connectivity index (χ3n) is 4.01. The van der Waals surface area contributed by atoms with Crippen LogP contribution >= 0.6 is 0 Å². The van der Waals surface area contributed by atoms with Gasteiger partial charge in [0.05, 0.1) is 12.1 Å². The second-order valence-electron chi connectivity index (χ2n) is 5.84. The fourth-order valence-electron chi connectivity index (χ4n) is 2.71. The lowest BCUT2D eigenvalue weighted by Crippen LogP contribution is -2.34. The van der Waals surface area contributed by atoms with E-state index < -0.39 is 29.6 Å². The number of carboxylic acid groups (broad SMARTS) is 1. The van der Waals surface area contributed by atoms with E-state index in [2.05, 4.69) is 5.32 Å². The number of aryl methyl sites for hydroxylation is 1. The highest BCUT2D eigenvalue weighted by Crippen LogP contribution is 2.29. The number of nitrogens with zero attached hydrogens (tertiary/aromatic N) is 1. The molecule has 1 unspecified atom stereocenters. The van der Waals surface area contributed by atoms with Gasteiger partial charge < -0.3 is 15.5 Å². The van der Waals surface area contributed by atoms with Gasteiger partial charge in [0.25, 0.3) is 5.91 Å². The molecule has 1 aliphatic heterocycles. The van der Waals surface area contributed by atoms with Crippen LogP contribution in [0.1, 0.15) is 22.3 Å². The summed E-state index contributed by atoms with van der Waals surface area (Å²) in [5.41, 5.74) is 1.65. The number of rotatable bonds is 4. The predicted molar refractivity (Wildman–Crippen MR) is 90.8 cm³/mol. The Kier molecular flexibility index (Phi) is 4.14. The molecule has 0 aliphatic carbocycles. The van der Waals surface area contributed by atoms with Crippen LogP contribution < -0.4 is 10.2 Å². The Labute approximate surface area is 143 Å². The first-order valence-corrected chi connectivity index (χ1v) is 7.63. The number of carboxylic acids is 1. The van der Waals surface area contributed by atoms with Crippen molar-refractivity contribution in [3.63, 3.8) is 0 Å². The van der Waals surface area contributed by atoms with Gasteiger partial charge in [-0.25, -0.2) is 9.69 Å². The van der Waals surface area contributed by atoms with Crippen molar-refractivity contribution >= 4 is 29.2 Å². The maximum atomic E-state index is 12.6. The van der Waals surface area contributed by atoms with Crippen LogP contribution in [-0.2, 0) is 9.59 Å². The monoisotopic (exact) mass is 340 g/mol. The number of benzene rings is 2. The number of carbonyl (C=O) groups is 3. The van der Waals surface area contributed by atoms with Gasteiger partial charge in [0, 0.05) is 11.8 Å². The third kappa shape index (κ3) is 3.16. The molecular weight excluding hydrogens is 324 g/mol. The summed E-state index contributed by atoms with van der Waals surface area (Å²) in [5.74, 6) is -2.66. The van der Waals surface area contributed by atoms with E-state index in [-0.39, 0.29) is 17.7 Å². The van der Waals surface area contributed by atoms with E-state index in [4.69, 9.17) is 5.11 Å². The molecule has 2 aromatic carbocycles. The number of imide groups is 1. The maximum Gasteiger partial charge on any atom is 0.339 e. The molecule has 2 aromatic rings. The lowest BCUT2D eigenvalue weighted by atomic mass is 10.1. The second kappa shape index (κ2) is 6.27. The molecule has 7 heteroatoms. The number of phenols is 1. The normalized spacial score (nSPS) is 17.0. The molecule has 2 amide bonds. The van der Waals surface area contributed by atoms with Crippen LogP contribution in [-0.4, -0.2) is 34.0 Å². The van der Waals surface area contributed by atoms with Gasteiger partial charge >= 0.3 is 5.97 Å². The van der Waals surface area contributed by atoms with E-state index in [0.717, 1.165) is 28.3 Å². The van der Waals surface area contributed by atoms with Crippen molar-refractivity contribution in [3.05, 3.63) is 53.6 Å². The lowest BCUT2D eigenvalue weighted by Gasteiger charge is -2.17. The van der Waals surface area contributed by atoms with Gasteiger partial charge in [-0.05, 0) is 31.2 Å². The van der Waals surface area contributed by atoms with E-state index in [1.54, 1.807) is 0 Å². The van der Waals surface area contributed by atoms with E-state index in [1.165, 1.54) is 6.07 Å². The average molecular weight is 340 g/mol. The largest absolute Gasteiger partial charge is 0.507 e. The molecule has 3 rings (SSSR count). The van der Waals surface area contributed by atoms with Crippen LogP contribution in [0.3, 0.4) is 0 Å². The minimum atomic E-state index is -1.29. The first-order valence-electron chi connectivity index (χ1n) is 7.63. The summed E-state index contributed by atoms with van der Waals surface area (Å²) in [6.45, 7) is 1.95. The first kappa shape index (κ1) is 16.5. The van der Waals surface area contributed by atoms with Gasteiger partial charge in [-0.15, -0.1) is 0 Å². The molecule has 0 radical (unpaired) electrons. The molecule has 0 saturated carbocycles. The Morgan fingerprint density at radius 1 is 1.16 bits per heavy atom. The zero-order valence-electron chi connectivity index (χ0n) is 13.4. The highest BCUT2D eigenvalue weighted by molar-refractivity contribution is 6.23. The van der Waals surface area contributed by atoms with Crippen molar-refractivity contribution in [1.82, 2.24) is 0 Å². The zero-order valence-corrected chi connectivity index (χ0v) is 13.4. The third-order valence-corrected chi connectivity index (χ3v) is 4.01. The smallest absolute Gasteiger partial charge is 0.339 e. The van der Waals surface area contributed by atoms with Crippen LogP contribution in [0.4, 0.5) is 11.4 Å². The number of amides is 2. The number of aromatic carboxylic acids is 1. The summed E-state index contributed by atoms with van der Waals surface area (Å²) < 4.78 is 0. The molecule has 1 atom stereocenters. The van der Waals surface area contributed by atoms with Crippen molar-refractivity contribution in [1.29, 1.82) is 0 Å². The molecular formula is C18H16N2O5. The van der Waals surface area contributed by atoms with Crippen LogP contribution in [0.15, 0.2) is 42.5 Å².